The Balaban J connectivity index is 1.73. The highest BCUT2D eigenvalue weighted by Gasteiger charge is 2.93. The van der Waals surface area contributed by atoms with E-state index in [4.69, 9.17) is 23.7 Å². The number of carbonyl (C=O) groups is 1. The number of carbonyl (C=O) groups excluding carboxylic acids is 1. The van der Waals surface area contributed by atoms with Crippen LogP contribution in [0, 0.1) is 34.5 Å². The van der Waals surface area contributed by atoms with Gasteiger partial charge in [-0.15, -0.1) is 0 Å². The highest BCUT2D eigenvalue weighted by Crippen LogP contribution is 2.80. The van der Waals surface area contributed by atoms with Crippen LogP contribution < -0.4 is 0 Å². The van der Waals surface area contributed by atoms with Crippen LogP contribution in [0.25, 0.3) is 0 Å². The first-order chi connectivity index (χ1) is 16.8. The van der Waals surface area contributed by atoms with E-state index in [1.165, 1.54) is 7.11 Å². The van der Waals surface area contributed by atoms with Crippen LogP contribution in [0.5, 0.6) is 0 Å². The molecule has 1 amide bonds. The Hall–Kier alpha value is -0.850. The first-order valence-electron chi connectivity index (χ1n) is 12.7. The molecule has 10 nitrogen and oxygen atoms in total. The average Bonchev–Trinajstić information content (AvgIpc) is 3.27. The van der Waals surface area contributed by atoms with Crippen molar-refractivity contribution < 1.29 is 43.8 Å². The van der Waals surface area contributed by atoms with Gasteiger partial charge in [0.15, 0.2) is 0 Å². The Morgan fingerprint density at radius 3 is 2.31 bits per heavy atom. The van der Waals surface area contributed by atoms with Crippen molar-refractivity contribution in [2.24, 2.45) is 34.5 Å². The van der Waals surface area contributed by atoms with Crippen LogP contribution >= 0.6 is 0 Å². The quantitative estimate of drug-likeness (QED) is 0.381. The first-order valence-corrected chi connectivity index (χ1v) is 12.7. The lowest BCUT2D eigenvalue weighted by Crippen LogP contribution is -2.85. The summed E-state index contributed by atoms with van der Waals surface area (Å²) in [6.45, 7) is 0.168. The third-order valence-corrected chi connectivity index (χ3v) is 11.7. The van der Waals surface area contributed by atoms with Crippen LogP contribution in [0.4, 0.5) is 0 Å². The van der Waals surface area contributed by atoms with E-state index in [2.05, 4.69) is 0 Å². The van der Waals surface area contributed by atoms with Gasteiger partial charge >= 0.3 is 0 Å². The molecule has 14 atom stereocenters. The van der Waals surface area contributed by atoms with Gasteiger partial charge in [0.25, 0.3) is 0 Å². The van der Waals surface area contributed by atoms with E-state index >= 15 is 0 Å². The summed E-state index contributed by atoms with van der Waals surface area (Å²) in [6.07, 6.45) is -0.448. The lowest BCUT2D eigenvalue weighted by atomic mass is 9.42. The molecule has 4 unspecified atom stereocenters. The predicted octanol–water partition coefficient (Wildman–Crippen LogP) is -0.968. The number of aliphatic hydroxyl groups is 3. The lowest BCUT2D eigenvalue weighted by Gasteiger charge is -2.70. The molecule has 7 bridgehead atoms. The van der Waals surface area contributed by atoms with Crippen LogP contribution in [0.15, 0.2) is 0 Å². The van der Waals surface area contributed by atoms with Crippen molar-refractivity contribution in [1.29, 1.82) is 0 Å². The molecule has 0 aromatic heterocycles. The summed E-state index contributed by atoms with van der Waals surface area (Å²) in [7, 11) is 7.97. The van der Waals surface area contributed by atoms with Crippen molar-refractivity contribution in [2.75, 3.05) is 48.7 Å². The van der Waals surface area contributed by atoms with Gasteiger partial charge in [-0.25, -0.2) is 0 Å². The lowest BCUT2D eigenvalue weighted by molar-refractivity contribution is -0.350. The van der Waals surface area contributed by atoms with E-state index in [1.54, 1.807) is 33.3 Å². The number of fused-ring (bicyclic) bond motifs is 2. The van der Waals surface area contributed by atoms with Gasteiger partial charge < -0.3 is 43.9 Å². The van der Waals surface area contributed by atoms with Gasteiger partial charge in [0.05, 0.1) is 37.1 Å². The van der Waals surface area contributed by atoms with E-state index in [0.29, 0.717) is 25.8 Å². The molecular formula is C25H39NO9. The number of ether oxygens (including phenoxy) is 5. The SMILES string of the molecule is CO[C@@H]1[C@H]2CC3C([C@H]2OC)[C@](OC)([C@@H]1O)[C@@]1(O)C2N(C=O)C[C@]4(CO)CC[C@H](OC)[C@]32C4[C@@H]1OC. The van der Waals surface area contributed by atoms with E-state index in [0.717, 1.165) is 6.41 Å². The largest absolute Gasteiger partial charge is 0.396 e. The summed E-state index contributed by atoms with van der Waals surface area (Å²) in [6, 6.07) is -0.727. The minimum Gasteiger partial charge on any atom is -0.396 e. The Morgan fingerprint density at radius 2 is 1.77 bits per heavy atom. The van der Waals surface area contributed by atoms with Gasteiger partial charge in [-0.05, 0) is 25.2 Å². The summed E-state index contributed by atoms with van der Waals surface area (Å²) in [5, 5.41) is 36.0. The monoisotopic (exact) mass is 497 g/mol. The van der Waals surface area contributed by atoms with Crippen molar-refractivity contribution >= 4 is 6.41 Å². The first kappa shape index (κ1) is 24.5. The second kappa shape index (κ2) is 7.60. The van der Waals surface area contributed by atoms with Crippen molar-refractivity contribution in [3.63, 3.8) is 0 Å². The molecular weight excluding hydrogens is 458 g/mol. The molecule has 6 rings (SSSR count). The summed E-state index contributed by atoms with van der Waals surface area (Å²) >= 11 is 0. The minimum absolute atomic E-state index is 0.120. The van der Waals surface area contributed by atoms with Crippen LogP contribution in [0.2, 0.25) is 0 Å². The highest BCUT2D eigenvalue weighted by molar-refractivity contribution is 5.55. The number of amides is 1. The van der Waals surface area contributed by atoms with Gasteiger partial charge in [0.1, 0.15) is 17.3 Å². The number of hydrogen-bond acceptors (Lipinski definition) is 9. The van der Waals surface area contributed by atoms with Crippen molar-refractivity contribution in [3.8, 4) is 0 Å². The maximum absolute atomic E-state index is 13.1. The summed E-state index contributed by atoms with van der Waals surface area (Å²) in [4.78, 5) is 14.4. The standard InChI is InChI=1S/C25H39NO9/c1-31-14-6-7-22(10-27)9-26(11-28)21-23(14)13-8-12-16(32-2)15(13)25(35-5,19(29)17(12)33-3)24(21,30)20(34-4)18(22)23/h11-21,27,29-30H,6-10H2,1-5H3/t12-,13?,14-,15?,16-,17+,18?,19+,20-,21?,22-,23-,24-,25-/m0/s1. The maximum Gasteiger partial charge on any atom is 0.210 e. The third kappa shape index (κ3) is 2.19. The van der Waals surface area contributed by atoms with Crippen LogP contribution in [0.3, 0.4) is 0 Å². The molecule has 0 aromatic carbocycles. The zero-order valence-corrected chi connectivity index (χ0v) is 21.1. The van der Waals surface area contributed by atoms with Crippen molar-refractivity contribution in [2.45, 2.75) is 67.0 Å². The minimum atomic E-state index is -1.80. The predicted molar refractivity (Wildman–Crippen MR) is 120 cm³/mol. The van der Waals surface area contributed by atoms with Crippen LogP contribution in [-0.4, -0.2) is 123 Å². The molecule has 6 fully saturated rings. The fourth-order valence-corrected chi connectivity index (χ4v) is 11.2. The summed E-state index contributed by atoms with van der Waals surface area (Å²) in [5.74, 6) is -0.931. The van der Waals surface area contributed by atoms with Gasteiger partial charge in [-0.2, -0.15) is 0 Å². The highest BCUT2D eigenvalue weighted by atomic mass is 16.6. The molecule has 10 heteroatoms. The smallest absolute Gasteiger partial charge is 0.210 e. The zero-order valence-electron chi connectivity index (χ0n) is 21.1. The molecule has 6 aliphatic rings. The molecule has 1 heterocycles. The maximum atomic E-state index is 13.1. The fourth-order valence-electron chi connectivity index (χ4n) is 11.2. The normalized spacial score (nSPS) is 59.6. The van der Waals surface area contributed by atoms with E-state index in [1.807, 2.05) is 0 Å². The molecule has 1 aliphatic heterocycles. The van der Waals surface area contributed by atoms with E-state index < -0.39 is 46.4 Å². The van der Waals surface area contributed by atoms with E-state index in [-0.39, 0.29) is 42.5 Å². The second-order valence-electron chi connectivity index (χ2n) is 11.8. The number of aliphatic hydroxyl groups excluding tert-OH is 2. The Morgan fingerprint density at radius 1 is 1.06 bits per heavy atom. The molecule has 0 radical (unpaired) electrons. The average molecular weight is 498 g/mol. The van der Waals surface area contributed by atoms with Crippen molar-refractivity contribution in [3.05, 3.63) is 0 Å². The molecule has 1 saturated heterocycles. The van der Waals surface area contributed by atoms with Crippen molar-refractivity contribution in [1.82, 2.24) is 4.90 Å². The third-order valence-electron chi connectivity index (χ3n) is 11.7. The van der Waals surface area contributed by atoms with Gasteiger partial charge in [0.2, 0.25) is 6.41 Å². The number of rotatable bonds is 7. The fraction of sp³-hybridized carbons (Fsp3) is 0.960. The molecule has 3 N–H and O–H groups in total. The molecule has 198 valence electrons. The zero-order chi connectivity index (χ0) is 25.1. The Bertz CT molecular complexity index is 891. The molecule has 0 aromatic rings. The number of methoxy groups -OCH3 is 5. The second-order valence-corrected chi connectivity index (χ2v) is 11.8. The van der Waals surface area contributed by atoms with Gasteiger partial charge in [0, 0.05) is 70.7 Å². The number of hydrogen-bond donors (Lipinski definition) is 3. The summed E-state index contributed by atoms with van der Waals surface area (Å²) in [5.41, 5.74) is -4.71. The Labute approximate surface area is 205 Å². The summed E-state index contributed by atoms with van der Waals surface area (Å²) < 4.78 is 30.7. The van der Waals surface area contributed by atoms with Gasteiger partial charge in [-0.1, -0.05) is 0 Å². The molecule has 5 saturated carbocycles. The number of nitrogens with zero attached hydrogens (tertiary/aromatic N) is 1. The Kier molecular flexibility index (Phi) is 5.32. The number of piperidine rings is 1. The topological polar surface area (TPSA) is 127 Å². The molecule has 5 aliphatic carbocycles. The number of likely N-dealkylation sites (tertiary alicyclic amines) is 1. The van der Waals surface area contributed by atoms with Gasteiger partial charge in [-0.3, -0.25) is 4.79 Å². The van der Waals surface area contributed by atoms with Crippen LogP contribution in [-0.2, 0) is 28.5 Å². The molecule has 1 spiro atoms. The molecule has 35 heavy (non-hydrogen) atoms. The van der Waals surface area contributed by atoms with Crippen LogP contribution in [0.1, 0.15) is 19.3 Å². The van der Waals surface area contributed by atoms with E-state index in [9.17, 15) is 20.1 Å².